The summed E-state index contributed by atoms with van der Waals surface area (Å²) in [6, 6.07) is 21.6. The van der Waals surface area contributed by atoms with Gasteiger partial charge in [0, 0.05) is 29.5 Å². The summed E-state index contributed by atoms with van der Waals surface area (Å²) in [5, 5.41) is 10.2. The van der Waals surface area contributed by atoms with Gasteiger partial charge < -0.3 is 20.0 Å². The van der Waals surface area contributed by atoms with Crippen molar-refractivity contribution in [1.29, 1.82) is 0 Å². The van der Waals surface area contributed by atoms with E-state index >= 15 is 0 Å². The van der Waals surface area contributed by atoms with Crippen LogP contribution in [-0.4, -0.2) is 11.1 Å². The first kappa shape index (κ1) is 20.7. The number of ether oxygens (including phenoxy) is 1. The van der Waals surface area contributed by atoms with E-state index in [1.165, 1.54) is 0 Å². The number of carboxylic acid groups (broad SMARTS) is 1. The second-order valence-electron chi connectivity index (χ2n) is 7.50. The van der Waals surface area contributed by atoms with Gasteiger partial charge in [0.25, 0.3) is 0 Å². The molecule has 0 amide bonds. The van der Waals surface area contributed by atoms with Crippen LogP contribution in [0.1, 0.15) is 29.4 Å². The molecule has 158 valence electrons. The molecule has 0 fully saturated rings. The van der Waals surface area contributed by atoms with Gasteiger partial charge in [0.05, 0.1) is 6.42 Å². The quantitative estimate of drug-likeness (QED) is 0.406. The van der Waals surface area contributed by atoms with Crippen molar-refractivity contribution < 1.29 is 19.1 Å². The molecule has 0 unspecified atom stereocenters. The van der Waals surface area contributed by atoms with Crippen molar-refractivity contribution in [3.63, 3.8) is 0 Å². The van der Waals surface area contributed by atoms with Crippen LogP contribution < -0.4 is 10.5 Å². The van der Waals surface area contributed by atoms with E-state index in [9.17, 15) is 4.79 Å². The van der Waals surface area contributed by atoms with E-state index < -0.39 is 5.97 Å². The molecule has 4 rings (SSSR count). The fourth-order valence-electron chi connectivity index (χ4n) is 3.72. The number of fused-ring (bicyclic) bond motifs is 1. The zero-order valence-electron chi connectivity index (χ0n) is 17.4. The van der Waals surface area contributed by atoms with Crippen LogP contribution >= 0.6 is 0 Å². The summed E-state index contributed by atoms with van der Waals surface area (Å²) in [6.45, 7) is 2.86. The number of rotatable bonds is 8. The molecule has 0 saturated heterocycles. The lowest BCUT2D eigenvalue weighted by atomic mass is 9.99. The summed E-state index contributed by atoms with van der Waals surface area (Å²) in [4.78, 5) is 11.2. The predicted molar refractivity (Wildman–Crippen MR) is 121 cm³/mol. The Morgan fingerprint density at radius 2 is 1.87 bits per heavy atom. The van der Waals surface area contributed by atoms with Crippen molar-refractivity contribution >= 4 is 16.9 Å². The molecule has 4 aromatic rings. The predicted octanol–water partition coefficient (Wildman–Crippen LogP) is 5.33. The molecule has 5 heteroatoms. The van der Waals surface area contributed by atoms with Gasteiger partial charge in [-0.1, -0.05) is 43.3 Å². The Morgan fingerprint density at radius 1 is 1.03 bits per heavy atom. The second kappa shape index (κ2) is 9.06. The molecule has 0 spiro atoms. The fraction of sp³-hybridized carbons (Fsp3) is 0.192. The van der Waals surface area contributed by atoms with E-state index in [1.54, 1.807) is 12.1 Å². The van der Waals surface area contributed by atoms with E-state index in [2.05, 4.69) is 37.3 Å². The highest BCUT2D eigenvalue weighted by Crippen LogP contribution is 2.34. The molecule has 0 aliphatic heterocycles. The summed E-state index contributed by atoms with van der Waals surface area (Å²) in [6.07, 6.45) is 0.735. The van der Waals surface area contributed by atoms with Crippen molar-refractivity contribution in [2.75, 3.05) is 0 Å². The Labute approximate surface area is 181 Å². The molecule has 3 N–H and O–H groups in total. The zero-order valence-corrected chi connectivity index (χ0v) is 17.4. The minimum atomic E-state index is -0.884. The molecular formula is C26H25NO4. The van der Waals surface area contributed by atoms with Crippen LogP contribution in [0.3, 0.4) is 0 Å². The Morgan fingerprint density at radius 3 is 2.65 bits per heavy atom. The zero-order chi connectivity index (χ0) is 21.8. The first-order valence-electron chi connectivity index (χ1n) is 10.3. The normalized spacial score (nSPS) is 11.0. The topological polar surface area (TPSA) is 85.7 Å². The van der Waals surface area contributed by atoms with Gasteiger partial charge in [0.15, 0.2) is 0 Å². The summed E-state index contributed by atoms with van der Waals surface area (Å²) in [7, 11) is 0. The van der Waals surface area contributed by atoms with E-state index in [-0.39, 0.29) is 6.42 Å². The van der Waals surface area contributed by atoms with Crippen LogP contribution in [0.2, 0.25) is 0 Å². The standard InChI is InChI=1S/C26H25NO4/c1-2-22-13-21-11-18(16-30-24-9-4-3-7-20(24)14-25(28)29)12-23(26(21)31-22)19-8-5-6-17(10-19)15-27/h3-13H,2,14-16,27H2,1H3,(H,28,29). The summed E-state index contributed by atoms with van der Waals surface area (Å²) < 4.78 is 12.1. The number of benzene rings is 3. The number of carbonyl (C=O) groups is 1. The number of hydrogen-bond acceptors (Lipinski definition) is 4. The van der Waals surface area contributed by atoms with Crippen molar-refractivity contribution in [3.8, 4) is 16.9 Å². The minimum absolute atomic E-state index is 0.0755. The maximum atomic E-state index is 11.2. The summed E-state index contributed by atoms with van der Waals surface area (Å²) in [5.74, 6) is 0.624. The number of para-hydroxylation sites is 1. The largest absolute Gasteiger partial charge is 0.489 e. The Bertz CT molecular complexity index is 1230. The van der Waals surface area contributed by atoms with Crippen LogP contribution in [0.15, 0.2) is 71.1 Å². The van der Waals surface area contributed by atoms with E-state index in [1.807, 2.05) is 24.3 Å². The van der Waals surface area contributed by atoms with E-state index in [4.69, 9.17) is 20.0 Å². The second-order valence-corrected chi connectivity index (χ2v) is 7.50. The van der Waals surface area contributed by atoms with Crippen LogP contribution in [0.25, 0.3) is 22.1 Å². The molecule has 0 aliphatic carbocycles. The average Bonchev–Trinajstić information content (AvgIpc) is 3.21. The van der Waals surface area contributed by atoms with Crippen LogP contribution in [0.5, 0.6) is 5.75 Å². The van der Waals surface area contributed by atoms with Crippen LogP contribution in [0, 0.1) is 0 Å². The van der Waals surface area contributed by atoms with Gasteiger partial charge in [-0.15, -0.1) is 0 Å². The van der Waals surface area contributed by atoms with Gasteiger partial charge in [-0.2, -0.15) is 0 Å². The van der Waals surface area contributed by atoms with Crippen molar-refractivity contribution in [1.82, 2.24) is 0 Å². The van der Waals surface area contributed by atoms with Gasteiger partial charge in [0.2, 0.25) is 0 Å². The molecule has 1 aromatic heterocycles. The van der Waals surface area contributed by atoms with Gasteiger partial charge in [-0.05, 0) is 47.0 Å². The Hall–Kier alpha value is -3.57. The fourth-order valence-corrected chi connectivity index (χ4v) is 3.72. The number of aryl methyl sites for hydroxylation is 1. The van der Waals surface area contributed by atoms with Gasteiger partial charge in [-0.25, -0.2) is 0 Å². The first-order valence-corrected chi connectivity index (χ1v) is 10.3. The highest BCUT2D eigenvalue weighted by atomic mass is 16.5. The lowest BCUT2D eigenvalue weighted by molar-refractivity contribution is -0.136. The molecule has 0 saturated carbocycles. The molecular weight excluding hydrogens is 390 g/mol. The minimum Gasteiger partial charge on any atom is -0.489 e. The van der Waals surface area contributed by atoms with Crippen LogP contribution in [-0.2, 0) is 30.8 Å². The van der Waals surface area contributed by atoms with E-state index in [0.29, 0.717) is 24.5 Å². The summed E-state index contributed by atoms with van der Waals surface area (Å²) in [5.41, 5.74) is 11.4. The molecule has 31 heavy (non-hydrogen) atoms. The molecule has 1 heterocycles. The van der Waals surface area contributed by atoms with E-state index in [0.717, 1.165) is 45.4 Å². The van der Waals surface area contributed by atoms with Crippen molar-refractivity contribution in [2.45, 2.75) is 32.9 Å². The monoisotopic (exact) mass is 415 g/mol. The number of furan rings is 1. The van der Waals surface area contributed by atoms with Gasteiger partial charge >= 0.3 is 5.97 Å². The molecule has 0 bridgehead atoms. The summed E-state index contributed by atoms with van der Waals surface area (Å²) >= 11 is 0. The maximum absolute atomic E-state index is 11.2. The first-order chi connectivity index (χ1) is 15.1. The molecule has 3 aromatic carbocycles. The maximum Gasteiger partial charge on any atom is 0.307 e. The molecule has 0 atom stereocenters. The Balaban J connectivity index is 1.71. The molecule has 0 aliphatic rings. The van der Waals surface area contributed by atoms with Crippen molar-refractivity contribution in [3.05, 3.63) is 89.2 Å². The molecule has 0 radical (unpaired) electrons. The third-order valence-corrected chi connectivity index (χ3v) is 5.26. The average molecular weight is 415 g/mol. The van der Waals surface area contributed by atoms with Gasteiger partial charge in [0.1, 0.15) is 23.7 Å². The Kier molecular flexibility index (Phi) is 6.05. The van der Waals surface area contributed by atoms with Gasteiger partial charge in [-0.3, -0.25) is 4.79 Å². The number of aliphatic carboxylic acids is 1. The number of carboxylic acids is 1. The highest BCUT2D eigenvalue weighted by molar-refractivity contribution is 5.93. The SMILES string of the molecule is CCc1cc2cc(COc3ccccc3CC(=O)O)cc(-c3cccc(CN)c3)c2o1. The van der Waals surface area contributed by atoms with Crippen molar-refractivity contribution in [2.24, 2.45) is 5.73 Å². The molecule has 5 nitrogen and oxygen atoms in total. The lowest BCUT2D eigenvalue weighted by Gasteiger charge is -2.12. The van der Waals surface area contributed by atoms with Crippen LogP contribution in [0.4, 0.5) is 0 Å². The highest BCUT2D eigenvalue weighted by Gasteiger charge is 2.14. The lowest BCUT2D eigenvalue weighted by Crippen LogP contribution is -2.04. The smallest absolute Gasteiger partial charge is 0.307 e. The third-order valence-electron chi connectivity index (χ3n) is 5.26. The number of nitrogens with two attached hydrogens (primary N) is 1. The number of hydrogen-bond donors (Lipinski definition) is 2. The third kappa shape index (κ3) is 4.62.